The van der Waals surface area contributed by atoms with E-state index in [1.807, 2.05) is 0 Å². The first kappa shape index (κ1) is 13.5. The van der Waals surface area contributed by atoms with Crippen LogP contribution in [0.1, 0.15) is 24.5 Å². The number of rotatable bonds is 6. The molecule has 18 heavy (non-hydrogen) atoms. The summed E-state index contributed by atoms with van der Waals surface area (Å²) < 4.78 is 18.0. The molecule has 100 valence electrons. The van der Waals surface area contributed by atoms with Crippen molar-refractivity contribution in [1.29, 1.82) is 0 Å². The monoisotopic (exact) mass is 253 g/mol. The van der Waals surface area contributed by atoms with Crippen LogP contribution in [0.25, 0.3) is 0 Å². The summed E-state index contributed by atoms with van der Waals surface area (Å²) in [5.41, 5.74) is 0.744. The van der Waals surface area contributed by atoms with Crippen molar-refractivity contribution in [3.05, 3.63) is 35.6 Å². The van der Waals surface area contributed by atoms with Crippen molar-refractivity contribution in [3.8, 4) is 0 Å². The zero-order valence-corrected chi connectivity index (χ0v) is 10.4. The van der Waals surface area contributed by atoms with E-state index in [0.29, 0.717) is 12.5 Å². The minimum absolute atomic E-state index is 0.278. The van der Waals surface area contributed by atoms with Gasteiger partial charge in [-0.3, -0.25) is 0 Å². The van der Waals surface area contributed by atoms with Gasteiger partial charge in [-0.05, 0) is 43.0 Å². The molecule has 1 aromatic carbocycles. The van der Waals surface area contributed by atoms with Gasteiger partial charge in [0, 0.05) is 19.8 Å². The molecule has 1 heterocycles. The minimum atomic E-state index is -0.578. The number of benzene rings is 1. The molecule has 2 N–H and O–H groups in total. The molecule has 0 aromatic heterocycles. The van der Waals surface area contributed by atoms with Gasteiger partial charge in [0.15, 0.2) is 0 Å². The molecule has 2 rings (SSSR count). The van der Waals surface area contributed by atoms with Crippen molar-refractivity contribution in [2.45, 2.75) is 18.9 Å². The number of aliphatic hydroxyl groups is 1. The number of ether oxygens (including phenoxy) is 1. The molecule has 3 nitrogen and oxygen atoms in total. The highest BCUT2D eigenvalue weighted by Gasteiger charge is 2.15. The van der Waals surface area contributed by atoms with Crippen LogP contribution in [0.2, 0.25) is 0 Å². The molecule has 1 aliphatic heterocycles. The van der Waals surface area contributed by atoms with Crippen LogP contribution in [0.4, 0.5) is 4.39 Å². The predicted molar refractivity (Wildman–Crippen MR) is 67.8 cm³/mol. The Hall–Kier alpha value is -0.970. The number of aliphatic hydroxyl groups excluding tert-OH is 1. The van der Waals surface area contributed by atoms with Crippen LogP contribution in [-0.2, 0) is 4.74 Å². The molecular weight excluding hydrogens is 233 g/mol. The number of hydrogen-bond acceptors (Lipinski definition) is 3. The SMILES string of the molecule is OC(CNCCC1CCOC1)c1ccc(F)cc1. The molecule has 4 heteroatoms. The Bertz CT molecular complexity index is 349. The summed E-state index contributed by atoms with van der Waals surface area (Å²) in [6.45, 7) is 3.12. The van der Waals surface area contributed by atoms with Gasteiger partial charge in [-0.15, -0.1) is 0 Å². The zero-order chi connectivity index (χ0) is 12.8. The lowest BCUT2D eigenvalue weighted by molar-refractivity contribution is 0.171. The van der Waals surface area contributed by atoms with Crippen LogP contribution >= 0.6 is 0 Å². The summed E-state index contributed by atoms with van der Waals surface area (Å²) in [6, 6.07) is 5.97. The van der Waals surface area contributed by atoms with Crippen LogP contribution < -0.4 is 5.32 Å². The van der Waals surface area contributed by atoms with Crippen molar-refractivity contribution >= 4 is 0 Å². The second kappa shape index (κ2) is 6.83. The van der Waals surface area contributed by atoms with Gasteiger partial charge in [0.05, 0.1) is 6.10 Å². The Morgan fingerprint density at radius 1 is 1.39 bits per heavy atom. The highest BCUT2D eigenvalue weighted by molar-refractivity contribution is 5.18. The van der Waals surface area contributed by atoms with E-state index in [9.17, 15) is 9.50 Å². The van der Waals surface area contributed by atoms with E-state index in [4.69, 9.17) is 4.74 Å². The molecule has 0 bridgehead atoms. The third-order valence-electron chi connectivity index (χ3n) is 3.35. The molecule has 1 saturated heterocycles. The van der Waals surface area contributed by atoms with Gasteiger partial charge in [0.2, 0.25) is 0 Å². The van der Waals surface area contributed by atoms with E-state index in [-0.39, 0.29) is 5.82 Å². The van der Waals surface area contributed by atoms with E-state index < -0.39 is 6.10 Å². The van der Waals surface area contributed by atoms with Gasteiger partial charge in [-0.1, -0.05) is 12.1 Å². The van der Waals surface area contributed by atoms with Gasteiger partial charge in [-0.2, -0.15) is 0 Å². The third kappa shape index (κ3) is 4.05. The molecule has 0 amide bonds. The van der Waals surface area contributed by atoms with Crippen LogP contribution in [0.5, 0.6) is 0 Å². The number of hydrogen-bond donors (Lipinski definition) is 2. The first-order valence-corrected chi connectivity index (χ1v) is 6.47. The van der Waals surface area contributed by atoms with E-state index in [2.05, 4.69) is 5.32 Å². The van der Waals surface area contributed by atoms with E-state index >= 15 is 0 Å². The fourth-order valence-corrected chi connectivity index (χ4v) is 2.16. The maximum Gasteiger partial charge on any atom is 0.123 e. The average molecular weight is 253 g/mol. The van der Waals surface area contributed by atoms with Crippen molar-refractivity contribution in [3.63, 3.8) is 0 Å². The van der Waals surface area contributed by atoms with Crippen LogP contribution in [0.15, 0.2) is 24.3 Å². The lowest BCUT2D eigenvalue weighted by Gasteiger charge is -2.13. The summed E-state index contributed by atoms with van der Waals surface area (Å²) in [5.74, 6) is 0.376. The standard InChI is InChI=1S/C14H20FNO2/c15-13-3-1-12(2-4-13)14(17)9-16-7-5-11-6-8-18-10-11/h1-4,11,14,16-17H,5-10H2. The third-order valence-corrected chi connectivity index (χ3v) is 3.35. The van der Waals surface area contributed by atoms with Gasteiger partial charge in [-0.25, -0.2) is 4.39 Å². The molecule has 2 unspecified atom stereocenters. The Morgan fingerprint density at radius 3 is 2.83 bits per heavy atom. The van der Waals surface area contributed by atoms with Crippen LogP contribution in [0, 0.1) is 11.7 Å². The van der Waals surface area contributed by atoms with Crippen molar-refractivity contribution in [2.75, 3.05) is 26.3 Å². The fourth-order valence-electron chi connectivity index (χ4n) is 2.16. The zero-order valence-electron chi connectivity index (χ0n) is 10.4. The lowest BCUT2D eigenvalue weighted by atomic mass is 10.1. The molecule has 2 atom stereocenters. The van der Waals surface area contributed by atoms with Gasteiger partial charge >= 0.3 is 0 Å². The van der Waals surface area contributed by atoms with Gasteiger partial charge in [0.1, 0.15) is 5.82 Å². The molecule has 1 aliphatic rings. The fraction of sp³-hybridized carbons (Fsp3) is 0.571. The molecular formula is C14H20FNO2. The summed E-state index contributed by atoms with van der Waals surface area (Å²) in [5, 5.41) is 13.1. The van der Waals surface area contributed by atoms with Gasteiger partial charge < -0.3 is 15.2 Å². The van der Waals surface area contributed by atoms with Gasteiger partial charge in [0.25, 0.3) is 0 Å². The van der Waals surface area contributed by atoms with E-state index in [1.54, 1.807) is 12.1 Å². The Balaban J connectivity index is 1.64. The normalized spacial score (nSPS) is 21.1. The summed E-state index contributed by atoms with van der Waals surface area (Å²) in [4.78, 5) is 0. The molecule has 0 saturated carbocycles. The number of nitrogens with one attached hydrogen (secondary N) is 1. The maximum atomic E-state index is 12.7. The van der Waals surface area contributed by atoms with Crippen molar-refractivity contribution in [2.24, 2.45) is 5.92 Å². The summed E-state index contributed by atoms with van der Waals surface area (Å²) in [6.07, 6.45) is 1.64. The van der Waals surface area contributed by atoms with Crippen LogP contribution in [0.3, 0.4) is 0 Å². The van der Waals surface area contributed by atoms with E-state index in [1.165, 1.54) is 12.1 Å². The average Bonchev–Trinajstić information content (AvgIpc) is 2.88. The lowest BCUT2D eigenvalue weighted by Crippen LogP contribution is -2.24. The molecule has 0 aliphatic carbocycles. The van der Waals surface area contributed by atoms with Crippen molar-refractivity contribution in [1.82, 2.24) is 5.32 Å². The second-order valence-electron chi connectivity index (χ2n) is 4.79. The second-order valence-corrected chi connectivity index (χ2v) is 4.79. The smallest absolute Gasteiger partial charge is 0.123 e. The highest BCUT2D eigenvalue weighted by Crippen LogP contribution is 2.16. The largest absolute Gasteiger partial charge is 0.387 e. The molecule has 1 aromatic rings. The highest BCUT2D eigenvalue weighted by atomic mass is 19.1. The summed E-state index contributed by atoms with van der Waals surface area (Å²) in [7, 11) is 0. The summed E-state index contributed by atoms with van der Waals surface area (Å²) >= 11 is 0. The molecule has 0 spiro atoms. The van der Waals surface area contributed by atoms with E-state index in [0.717, 1.165) is 38.2 Å². The predicted octanol–water partition coefficient (Wildman–Crippen LogP) is 1.88. The Morgan fingerprint density at radius 2 is 2.17 bits per heavy atom. The minimum Gasteiger partial charge on any atom is -0.387 e. The van der Waals surface area contributed by atoms with Crippen LogP contribution in [-0.4, -0.2) is 31.4 Å². The Labute approximate surface area is 107 Å². The maximum absolute atomic E-state index is 12.7. The number of halogens is 1. The topological polar surface area (TPSA) is 41.5 Å². The van der Waals surface area contributed by atoms with Crippen molar-refractivity contribution < 1.29 is 14.2 Å². The quantitative estimate of drug-likeness (QED) is 0.761. The molecule has 1 fully saturated rings. The first-order chi connectivity index (χ1) is 8.75. The molecule has 0 radical (unpaired) electrons. The first-order valence-electron chi connectivity index (χ1n) is 6.47. The Kier molecular flexibility index (Phi) is 5.11.